The Balaban J connectivity index is 1.74. The van der Waals surface area contributed by atoms with Crippen LogP contribution in [0.15, 0.2) is 121 Å². The predicted molar refractivity (Wildman–Crippen MR) is 151 cm³/mol. The Morgan fingerprint density at radius 2 is 0.889 bits per heavy atom. The summed E-state index contributed by atoms with van der Waals surface area (Å²) in [7, 11) is -6.45. The number of carbonyl (C=O) groups is 1. The zero-order valence-corrected chi connectivity index (χ0v) is 22.4. The van der Waals surface area contributed by atoms with Gasteiger partial charge in [-0.15, -0.1) is 0 Å². The molecule has 0 N–H and O–H groups in total. The van der Waals surface area contributed by atoms with Gasteiger partial charge < -0.3 is 14.0 Å². The molecule has 0 spiro atoms. The van der Waals surface area contributed by atoms with Gasteiger partial charge in [-0.05, 0) is 13.8 Å². The lowest BCUT2D eigenvalue weighted by Gasteiger charge is -2.33. The van der Waals surface area contributed by atoms with Gasteiger partial charge in [0.25, 0.3) is 0 Å². The van der Waals surface area contributed by atoms with Crippen molar-refractivity contribution >= 4 is 41.4 Å². The van der Waals surface area contributed by atoms with Crippen molar-refractivity contribution in [2.75, 3.05) is 12.4 Å². The highest BCUT2D eigenvalue weighted by atomic mass is 31.2. The predicted octanol–water partition coefficient (Wildman–Crippen LogP) is 5.21. The molecule has 0 heterocycles. The molecule has 1 amide bonds. The molecular formula is C30H31NO3P2. The van der Waals surface area contributed by atoms with Crippen molar-refractivity contribution in [1.82, 2.24) is 4.90 Å². The van der Waals surface area contributed by atoms with E-state index in [9.17, 15) is 13.9 Å². The maximum atomic E-state index is 14.7. The Labute approximate surface area is 213 Å². The Bertz CT molecular complexity index is 1290. The van der Waals surface area contributed by atoms with Gasteiger partial charge >= 0.3 is 0 Å². The quantitative estimate of drug-likeness (QED) is 0.288. The van der Waals surface area contributed by atoms with E-state index in [0.29, 0.717) is 21.2 Å². The zero-order valence-electron chi connectivity index (χ0n) is 20.6. The summed E-state index contributed by atoms with van der Waals surface area (Å²) in [5.41, 5.74) is 0. The first-order chi connectivity index (χ1) is 17.3. The number of carbonyl (C=O) groups excluding carboxylic acids is 1. The fourth-order valence-corrected chi connectivity index (χ4v) is 9.72. The van der Waals surface area contributed by atoms with E-state index >= 15 is 0 Å². The molecule has 0 saturated heterocycles. The summed E-state index contributed by atoms with van der Waals surface area (Å²) in [5.74, 6) is -0.270. The third-order valence-corrected chi connectivity index (χ3v) is 12.3. The van der Waals surface area contributed by atoms with E-state index in [1.807, 2.05) is 135 Å². The number of hydrogen-bond donors (Lipinski definition) is 0. The fourth-order valence-electron chi connectivity index (χ4n) is 4.35. The highest BCUT2D eigenvalue weighted by Gasteiger charge is 2.37. The number of benzene rings is 4. The molecule has 0 unspecified atom stereocenters. The lowest BCUT2D eigenvalue weighted by molar-refractivity contribution is -0.129. The van der Waals surface area contributed by atoms with Crippen molar-refractivity contribution in [1.29, 1.82) is 0 Å². The molecule has 0 fully saturated rings. The Hall–Kier alpha value is -3.19. The van der Waals surface area contributed by atoms with Crippen LogP contribution in [0.3, 0.4) is 0 Å². The number of nitrogens with zero attached hydrogens (tertiary/aromatic N) is 1. The van der Waals surface area contributed by atoms with Gasteiger partial charge in [0, 0.05) is 27.3 Å². The zero-order chi connectivity index (χ0) is 25.6. The van der Waals surface area contributed by atoms with E-state index in [4.69, 9.17) is 0 Å². The summed E-state index contributed by atoms with van der Waals surface area (Å²) < 4.78 is 29.2. The molecule has 4 nitrogen and oxygen atoms in total. The molecule has 0 aliphatic heterocycles. The highest BCUT2D eigenvalue weighted by molar-refractivity contribution is 7.79. The van der Waals surface area contributed by atoms with Crippen LogP contribution in [-0.4, -0.2) is 29.3 Å². The van der Waals surface area contributed by atoms with Crippen LogP contribution in [0, 0.1) is 0 Å². The fraction of sp³-hybridized carbons (Fsp3) is 0.167. The van der Waals surface area contributed by atoms with Crippen LogP contribution in [0.2, 0.25) is 0 Å². The maximum absolute atomic E-state index is 14.7. The molecule has 0 aliphatic rings. The average molecular weight is 516 g/mol. The van der Waals surface area contributed by atoms with Gasteiger partial charge in [0.2, 0.25) is 5.91 Å². The van der Waals surface area contributed by atoms with E-state index in [1.165, 1.54) is 0 Å². The summed E-state index contributed by atoms with van der Waals surface area (Å²) in [6.45, 7) is 3.82. The van der Waals surface area contributed by atoms with Crippen LogP contribution < -0.4 is 21.2 Å². The van der Waals surface area contributed by atoms with E-state index in [0.717, 1.165) is 0 Å². The molecule has 184 valence electrons. The minimum Gasteiger partial charge on any atom is -0.332 e. The van der Waals surface area contributed by atoms with Crippen molar-refractivity contribution in [3.05, 3.63) is 121 Å². The third-order valence-electron chi connectivity index (χ3n) is 6.35. The normalized spacial score (nSPS) is 11.9. The molecule has 0 atom stereocenters. The minimum atomic E-state index is -3.26. The van der Waals surface area contributed by atoms with Gasteiger partial charge in [-0.1, -0.05) is 121 Å². The second-order valence-corrected chi connectivity index (χ2v) is 14.7. The molecule has 36 heavy (non-hydrogen) atoms. The first-order valence-electron chi connectivity index (χ1n) is 12.0. The molecule has 0 radical (unpaired) electrons. The molecule has 0 aliphatic carbocycles. The van der Waals surface area contributed by atoms with E-state index in [-0.39, 0.29) is 24.4 Å². The molecule has 6 heteroatoms. The molecule has 0 bridgehead atoms. The monoisotopic (exact) mass is 515 g/mol. The van der Waals surface area contributed by atoms with E-state index in [2.05, 4.69) is 0 Å². The third kappa shape index (κ3) is 5.46. The lowest BCUT2D eigenvalue weighted by atomic mass is 10.3. The summed E-state index contributed by atoms with van der Waals surface area (Å²) >= 11 is 0. The largest absolute Gasteiger partial charge is 0.332 e. The highest BCUT2D eigenvalue weighted by Crippen LogP contribution is 2.47. The Morgan fingerprint density at radius 3 is 1.19 bits per heavy atom. The molecular weight excluding hydrogens is 484 g/mol. The molecule has 4 aromatic rings. The van der Waals surface area contributed by atoms with Gasteiger partial charge in [0.15, 0.2) is 14.3 Å². The van der Waals surface area contributed by atoms with Gasteiger partial charge in [-0.2, -0.15) is 0 Å². The molecule has 4 rings (SSSR count). The number of amides is 1. The van der Waals surface area contributed by atoms with Gasteiger partial charge in [-0.25, -0.2) is 0 Å². The van der Waals surface area contributed by atoms with Gasteiger partial charge in [-0.3, -0.25) is 4.79 Å². The van der Waals surface area contributed by atoms with Crippen LogP contribution in [0.25, 0.3) is 0 Å². The molecule has 4 aromatic carbocycles. The van der Waals surface area contributed by atoms with Crippen LogP contribution in [0.1, 0.15) is 13.8 Å². The lowest BCUT2D eigenvalue weighted by Crippen LogP contribution is -2.42. The van der Waals surface area contributed by atoms with Crippen molar-refractivity contribution < 1.29 is 13.9 Å². The molecule has 0 saturated carbocycles. The van der Waals surface area contributed by atoms with Crippen molar-refractivity contribution in [3.8, 4) is 0 Å². The summed E-state index contributed by atoms with van der Waals surface area (Å²) in [4.78, 5) is 15.6. The maximum Gasteiger partial charge on any atom is 0.231 e. The van der Waals surface area contributed by atoms with E-state index < -0.39 is 14.3 Å². The summed E-state index contributed by atoms with van der Waals surface area (Å²) in [6.07, 6.45) is -0.121. The number of hydrogen-bond acceptors (Lipinski definition) is 3. The Kier molecular flexibility index (Phi) is 8.09. The van der Waals surface area contributed by atoms with Gasteiger partial charge in [0.05, 0.1) is 12.4 Å². The Morgan fingerprint density at radius 1 is 0.583 bits per heavy atom. The van der Waals surface area contributed by atoms with Gasteiger partial charge in [0.1, 0.15) is 0 Å². The van der Waals surface area contributed by atoms with Crippen LogP contribution in [0.4, 0.5) is 0 Å². The summed E-state index contributed by atoms with van der Waals surface area (Å²) in [6, 6.07) is 36.8. The SMILES string of the molecule is CC(C)N(CP(=O)(c1ccccc1)c1ccccc1)C(=O)CP(=O)(c1ccccc1)c1ccccc1. The minimum absolute atomic E-state index is 0.0428. The van der Waals surface area contributed by atoms with Crippen molar-refractivity contribution in [2.24, 2.45) is 0 Å². The van der Waals surface area contributed by atoms with Crippen molar-refractivity contribution in [2.45, 2.75) is 19.9 Å². The standard InChI is InChI=1S/C30H31NO3P2/c1-25(2)31(24-36(34,28-19-11-5-12-20-28)29-21-13-6-14-22-29)30(32)23-35(33,26-15-7-3-8-16-26)27-17-9-4-10-18-27/h3-22,25H,23-24H2,1-2H3. The first-order valence-corrected chi connectivity index (χ1v) is 15.8. The second kappa shape index (κ2) is 11.2. The first kappa shape index (κ1) is 25.9. The van der Waals surface area contributed by atoms with Crippen molar-refractivity contribution in [3.63, 3.8) is 0 Å². The average Bonchev–Trinajstić information content (AvgIpc) is 2.93. The second-order valence-electron chi connectivity index (χ2n) is 9.08. The van der Waals surface area contributed by atoms with Crippen LogP contribution >= 0.6 is 14.3 Å². The van der Waals surface area contributed by atoms with Crippen LogP contribution in [-0.2, 0) is 13.9 Å². The van der Waals surface area contributed by atoms with Crippen LogP contribution in [0.5, 0.6) is 0 Å². The van der Waals surface area contributed by atoms with E-state index in [1.54, 1.807) is 4.90 Å². The molecule has 0 aromatic heterocycles. The topological polar surface area (TPSA) is 54.5 Å². The number of rotatable bonds is 9. The smallest absolute Gasteiger partial charge is 0.231 e. The summed E-state index contributed by atoms with van der Waals surface area (Å²) in [5, 5.41) is 2.68.